The van der Waals surface area contributed by atoms with E-state index in [0.29, 0.717) is 6.54 Å². The van der Waals surface area contributed by atoms with Crippen LogP contribution < -0.4 is 10.1 Å². The Hall–Kier alpha value is -2.75. The van der Waals surface area contributed by atoms with Crippen LogP contribution in [0.2, 0.25) is 0 Å². The molecule has 0 saturated heterocycles. The van der Waals surface area contributed by atoms with Crippen LogP contribution in [0.5, 0.6) is 5.75 Å². The minimum absolute atomic E-state index is 0.661. The van der Waals surface area contributed by atoms with Crippen molar-refractivity contribution in [1.29, 1.82) is 0 Å². The van der Waals surface area contributed by atoms with E-state index in [1.54, 1.807) is 7.11 Å². The van der Waals surface area contributed by atoms with Gasteiger partial charge < -0.3 is 15.0 Å². The summed E-state index contributed by atoms with van der Waals surface area (Å²) >= 11 is 0. The molecule has 0 fully saturated rings. The number of hydrogen-bond acceptors (Lipinski definition) is 3. The molecule has 1 heterocycles. The molecule has 4 nitrogen and oxygen atoms in total. The van der Waals surface area contributed by atoms with Gasteiger partial charge in [0.05, 0.1) is 25.5 Å². The second kappa shape index (κ2) is 6.13. The molecule has 1 aromatic heterocycles. The van der Waals surface area contributed by atoms with Crippen LogP contribution in [0, 0.1) is 0 Å². The molecule has 2 aromatic carbocycles. The summed E-state index contributed by atoms with van der Waals surface area (Å²) < 4.78 is 5.24. The number of nitrogens with zero attached hydrogens (tertiary/aromatic N) is 1. The molecule has 106 valence electrons. The van der Waals surface area contributed by atoms with Gasteiger partial charge in [0.1, 0.15) is 11.6 Å². The molecule has 0 aliphatic carbocycles. The fourth-order valence-electron chi connectivity index (χ4n) is 2.13. The number of H-pyrrole nitrogens is 1. The molecule has 0 unspecified atom stereocenters. The first kappa shape index (κ1) is 13.2. The van der Waals surface area contributed by atoms with Gasteiger partial charge in [0.2, 0.25) is 0 Å². The van der Waals surface area contributed by atoms with Gasteiger partial charge in [-0.15, -0.1) is 0 Å². The number of rotatable bonds is 5. The normalized spacial score (nSPS) is 10.3. The van der Waals surface area contributed by atoms with Gasteiger partial charge in [-0.2, -0.15) is 0 Å². The van der Waals surface area contributed by atoms with Crippen LogP contribution in [-0.4, -0.2) is 17.1 Å². The maximum Gasteiger partial charge on any atom is 0.125 e. The minimum Gasteiger partial charge on any atom is -0.497 e. The topological polar surface area (TPSA) is 49.9 Å². The van der Waals surface area contributed by atoms with Crippen molar-refractivity contribution in [2.24, 2.45) is 0 Å². The summed E-state index contributed by atoms with van der Waals surface area (Å²) in [6, 6.07) is 18.0. The Bertz CT molecular complexity index is 707. The molecule has 4 heteroatoms. The summed E-state index contributed by atoms with van der Waals surface area (Å²) in [4.78, 5) is 7.73. The first-order valence-electron chi connectivity index (χ1n) is 6.82. The number of hydrogen-bond donors (Lipinski definition) is 2. The molecule has 2 N–H and O–H groups in total. The fraction of sp³-hybridized carbons (Fsp3) is 0.118. The quantitative estimate of drug-likeness (QED) is 0.748. The zero-order chi connectivity index (χ0) is 14.5. The van der Waals surface area contributed by atoms with E-state index in [0.717, 1.165) is 28.5 Å². The van der Waals surface area contributed by atoms with Crippen molar-refractivity contribution in [1.82, 2.24) is 9.97 Å². The van der Waals surface area contributed by atoms with Crippen molar-refractivity contribution in [3.63, 3.8) is 0 Å². The Labute approximate surface area is 123 Å². The van der Waals surface area contributed by atoms with E-state index < -0.39 is 0 Å². The zero-order valence-corrected chi connectivity index (χ0v) is 11.8. The number of aromatic amines is 1. The Kier molecular flexibility index (Phi) is 3.87. The van der Waals surface area contributed by atoms with Crippen LogP contribution in [-0.2, 0) is 6.54 Å². The molecule has 3 rings (SSSR count). The molecule has 0 bridgehead atoms. The second-order valence-corrected chi connectivity index (χ2v) is 4.70. The third-order valence-corrected chi connectivity index (χ3v) is 3.24. The lowest BCUT2D eigenvalue weighted by Crippen LogP contribution is -2.00. The number of imidazole rings is 1. The van der Waals surface area contributed by atoms with E-state index in [1.165, 1.54) is 0 Å². The van der Waals surface area contributed by atoms with E-state index >= 15 is 0 Å². The van der Waals surface area contributed by atoms with E-state index in [4.69, 9.17) is 4.74 Å². The monoisotopic (exact) mass is 279 g/mol. The van der Waals surface area contributed by atoms with E-state index in [2.05, 4.69) is 15.3 Å². The van der Waals surface area contributed by atoms with Gasteiger partial charge in [0, 0.05) is 11.3 Å². The summed E-state index contributed by atoms with van der Waals surface area (Å²) in [6.45, 7) is 0.661. The summed E-state index contributed by atoms with van der Waals surface area (Å²) in [5.74, 6) is 1.74. The maximum atomic E-state index is 5.24. The van der Waals surface area contributed by atoms with Crippen molar-refractivity contribution in [3.8, 4) is 17.0 Å². The Morgan fingerprint density at radius 3 is 2.76 bits per heavy atom. The first-order valence-corrected chi connectivity index (χ1v) is 6.82. The van der Waals surface area contributed by atoms with Crippen LogP contribution in [0.4, 0.5) is 5.69 Å². The molecule has 0 aliphatic heterocycles. The van der Waals surface area contributed by atoms with Crippen LogP contribution in [0.1, 0.15) is 5.82 Å². The van der Waals surface area contributed by atoms with E-state index in [-0.39, 0.29) is 0 Å². The van der Waals surface area contributed by atoms with E-state index in [1.807, 2.05) is 60.8 Å². The number of nitrogens with one attached hydrogen (secondary N) is 2. The van der Waals surface area contributed by atoms with Gasteiger partial charge >= 0.3 is 0 Å². The Morgan fingerprint density at radius 1 is 1.10 bits per heavy atom. The Balaban J connectivity index is 1.71. The molecule has 21 heavy (non-hydrogen) atoms. The number of anilines is 1. The molecule has 0 radical (unpaired) electrons. The highest BCUT2D eigenvalue weighted by atomic mass is 16.5. The van der Waals surface area contributed by atoms with Crippen molar-refractivity contribution >= 4 is 5.69 Å². The molecule has 0 amide bonds. The minimum atomic E-state index is 0.661. The fourth-order valence-corrected chi connectivity index (χ4v) is 2.13. The molecule has 0 spiro atoms. The lowest BCUT2D eigenvalue weighted by atomic mass is 10.1. The van der Waals surface area contributed by atoms with Gasteiger partial charge in [0.25, 0.3) is 0 Å². The highest BCUT2D eigenvalue weighted by Gasteiger charge is 2.04. The zero-order valence-electron chi connectivity index (χ0n) is 11.8. The summed E-state index contributed by atoms with van der Waals surface area (Å²) in [5.41, 5.74) is 3.13. The summed E-state index contributed by atoms with van der Waals surface area (Å²) in [7, 11) is 1.67. The van der Waals surface area contributed by atoms with Gasteiger partial charge in [0.15, 0.2) is 0 Å². The Morgan fingerprint density at radius 2 is 1.95 bits per heavy atom. The third kappa shape index (κ3) is 3.23. The van der Waals surface area contributed by atoms with Crippen LogP contribution in [0.25, 0.3) is 11.3 Å². The van der Waals surface area contributed by atoms with Crippen molar-refractivity contribution in [3.05, 3.63) is 66.6 Å². The predicted molar refractivity (Wildman–Crippen MR) is 84.3 cm³/mol. The highest BCUT2D eigenvalue weighted by molar-refractivity contribution is 5.60. The summed E-state index contributed by atoms with van der Waals surface area (Å²) in [6.07, 6.45) is 1.84. The van der Waals surface area contributed by atoms with Crippen LogP contribution in [0.15, 0.2) is 60.8 Å². The maximum absolute atomic E-state index is 5.24. The predicted octanol–water partition coefficient (Wildman–Crippen LogP) is 3.70. The SMILES string of the molecule is COc1cccc(-c2cnc(CNc3ccccc3)[nH]2)c1. The average Bonchev–Trinajstić information content (AvgIpc) is 3.03. The average molecular weight is 279 g/mol. The highest BCUT2D eigenvalue weighted by Crippen LogP contribution is 2.22. The van der Waals surface area contributed by atoms with Gasteiger partial charge in [-0.25, -0.2) is 4.98 Å². The number of methoxy groups -OCH3 is 1. The number of ether oxygens (including phenoxy) is 1. The lowest BCUT2D eigenvalue weighted by molar-refractivity contribution is 0.415. The lowest BCUT2D eigenvalue weighted by Gasteiger charge is -2.04. The number of para-hydroxylation sites is 1. The van der Waals surface area contributed by atoms with E-state index in [9.17, 15) is 0 Å². The molecule has 3 aromatic rings. The van der Waals surface area contributed by atoms with Gasteiger partial charge in [-0.05, 0) is 24.3 Å². The van der Waals surface area contributed by atoms with Gasteiger partial charge in [-0.3, -0.25) is 0 Å². The standard InChI is InChI=1S/C17H17N3O/c1-21-15-9-5-6-13(10-15)16-11-19-17(20-16)12-18-14-7-3-2-4-8-14/h2-11,18H,12H2,1H3,(H,19,20). The first-order chi connectivity index (χ1) is 10.3. The molecular weight excluding hydrogens is 262 g/mol. The van der Waals surface area contributed by atoms with Crippen molar-refractivity contribution < 1.29 is 4.74 Å². The van der Waals surface area contributed by atoms with Crippen molar-refractivity contribution in [2.75, 3.05) is 12.4 Å². The molecule has 0 atom stereocenters. The molecular formula is C17H17N3O. The van der Waals surface area contributed by atoms with Gasteiger partial charge in [-0.1, -0.05) is 30.3 Å². The second-order valence-electron chi connectivity index (χ2n) is 4.70. The van der Waals surface area contributed by atoms with Crippen LogP contribution >= 0.6 is 0 Å². The molecule has 0 aliphatic rings. The number of benzene rings is 2. The third-order valence-electron chi connectivity index (χ3n) is 3.24. The summed E-state index contributed by atoms with van der Waals surface area (Å²) in [5, 5.41) is 3.33. The van der Waals surface area contributed by atoms with Crippen molar-refractivity contribution in [2.45, 2.75) is 6.54 Å². The largest absolute Gasteiger partial charge is 0.497 e. The van der Waals surface area contributed by atoms with Crippen LogP contribution in [0.3, 0.4) is 0 Å². The smallest absolute Gasteiger partial charge is 0.125 e. The number of aromatic nitrogens is 2. The molecule has 0 saturated carbocycles.